The number of benzene rings is 3. The minimum Gasteiger partial charge on any atom is -0.507 e. The molecular weight excluding hydrogens is 470 g/mol. The summed E-state index contributed by atoms with van der Waals surface area (Å²) in [4.78, 5) is 43.2. The summed E-state index contributed by atoms with van der Waals surface area (Å²) in [7, 11) is 0. The van der Waals surface area contributed by atoms with Gasteiger partial charge in [-0.05, 0) is 42.0 Å². The van der Waals surface area contributed by atoms with Gasteiger partial charge in [0.1, 0.15) is 11.6 Å². The van der Waals surface area contributed by atoms with Crippen molar-refractivity contribution in [2.75, 3.05) is 0 Å². The van der Waals surface area contributed by atoms with Crippen molar-refractivity contribution in [1.82, 2.24) is 0 Å². The van der Waals surface area contributed by atoms with Gasteiger partial charge in [-0.3, -0.25) is 35.1 Å². The Kier molecular flexibility index (Phi) is 6.17. The number of hydrogen-bond donors (Lipinski definition) is 5. The van der Waals surface area contributed by atoms with E-state index >= 15 is 0 Å². The predicted molar refractivity (Wildman–Crippen MR) is 125 cm³/mol. The maximum Gasteiger partial charge on any atom is 0.311 e. The van der Waals surface area contributed by atoms with E-state index in [2.05, 4.69) is 9.98 Å². The summed E-state index contributed by atoms with van der Waals surface area (Å²) >= 11 is 0. The van der Waals surface area contributed by atoms with Crippen molar-refractivity contribution in [3.63, 3.8) is 0 Å². The summed E-state index contributed by atoms with van der Waals surface area (Å²) in [5, 5.41) is 50.2. The first-order valence-electron chi connectivity index (χ1n) is 10.5. The highest BCUT2D eigenvalue weighted by Gasteiger charge is 2.29. The van der Waals surface area contributed by atoms with Crippen molar-refractivity contribution < 1.29 is 29.8 Å². The van der Waals surface area contributed by atoms with Crippen LogP contribution in [-0.2, 0) is 9.59 Å². The van der Waals surface area contributed by atoms with Crippen molar-refractivity contribution in [3.8, 4) is 16.9 Å². The molecule has 3 aromatic carbocycles. The van der Waals surface area contributed by atoms with Crippen LogP contribution in [0.5, 0.6) is 5.75 Å². The smallest absolute Gasteiger partial charge is 0.311 e. The number of carboxylic acid groups (broad SMARTS) is 2. The van der Waals surface area contributed by atoms with Crippen molar-refractivity contribution in [2.24, 2.45) is 15.7 Å². The van der Waals surface area contributed by atoms with Crippen LogP contribution in [0.3, 0.4) is 0 Å². The zero-order chi connectivity index (χ0) is 26.1. The molecular formula is C24H19N5O7. The Morgan fingerprint density at radius 1 is 1.06 bits per heavy atom. The molecule has 0 saturated heterocycles. The van der Waals surface area contributed by atoms with E-state index in [1.54, 1.807) is 12.1 Å². The van der Waals surface area contributed by atoms with Gasteiger partial charge in [0.2, 0.25) is 0 Å². The monoisotopic (exact) mass is 489 g/mol. The van der Waals surface area contributed by atoms with E-state index in [0.717, 1.165) is 0 Å². The Balaban J connectivity index is 1.97. The molecule has 1 aliphatic rings. The molecule has 12 nitrogen and oxygen atoms in total. The first kappa shape index (κ1) is 24.0. The third-order valence-corrected chi connectivity index (χ3v) is 5.72. The van der Waals surface area contributed by atoms with Crippen molar-refractivity contribution in [1.29, 1.82) is 5.41 Å². The van der Waals surface area contributed by atoms with Gasteiger partial charge in [-0.2, -0.15) is 0 Å². The Hall–Kier alpha value is -5.13. The molecule has 0 saturated carbocycles. The quantitative estimate of drug-likeness (QED) is 0.136. The molecule has 0 aliphatic carbocycles. The molecule has 0 amide bonds. The van der Waals surface area contributed by atoms with E-state index in [-0.39, 0.29) is 33.8 Å². The van der Waals surface area contributed by atoms with Gasteiger partial charge in [-0.1, -0.05) is 12.1 Å². The lowest BCUT2D eigenvalue weighted by Crippen LogP contribution is -2.24. The lowest BCUT2D eigenvalue weighted by molar-refractivity contribution is -0.384. The number of fused-ring (bicyclic) bond motifs is 1. The second kappa shape index (κ2) is 9.25. The SMILES string of the molecule is N=C(N)c1ccc2c(c1)=NC(c1cc(C(CC(=O)O)C(=O)O)cc(-c3ccccc3[N+](=O)[O-])c1O)N=2. The number of aliphatic carboxylic acids is 2. The van der Waals surface area contributed by atoms with E-state index in [1.165, 1.54) is 42.5 Å². The van der Waals surface area contributed by atoms with Crippen molar-refractivity contribution in [3.05, 3.63) is 92.1 Å². The normalized spacial score (nSPS) is 14.7. The number of phenolic OH excluding ortho intramolecular Hbond substituents is 1. The van der Waals surface area contributed by atoms with E-state index in [9.17, 15) is 35.0 Å². The first-order valence-corrected chi connectivity index (χ1v) is 10.5. The number of nitrogens with two attached hydrogens (primary N) is 1. The second-order valence-electron chi connectivity index (χ2n) is 8.02. The summed E-state index contributed by atoms with van der Waals surface area (Å²) in [5.41, 5.74) is 5.60. The molecule has 2 atom stereocenters. The number of nitrogens with one attached hydrogen (secondary N) is 1. The predicted octanol–water partition coefficient (Wildman–Crippen LogP) is 1.85. The molecule has 6 N–H and O–H groups in total. The molecule has 4 rings (SSSR count). The van der Waals surface area contributed by atoms with Crippen LogP contribution in [-0.4, -0.2) is 38.0 Å². The van der Waals surface area contributed by atoms with Crippen LogP contribution in [0.1, 0.15) is 35.2 Å². The standard InChI is InChI=1S/C24H19N5O7/c25-22(26)11-5-6-17-18(9-11)28-23(27-17)16-8-12(14(24(33)34)10-20(30)31)7-15(21(16)32)13-3-1-2-4-19(13)29(35)36/h1-9,14,23,32H,10H2,(H3,25,26)(H,30,31)(H,33,34). The van der Waals surface area contributed by atoms with Gasteiger partial charge < -0.3 is 21.1 Å². The molecule has 1 heterocycles. The van der Waals surface area contributed by atoms with Crippen molar-refractivity contribution in [2.45, 2.75) is 18.5 Å². The van der Waals surface area contributed by atoms with Gasteiger partial charge in [0.05, 0.1) is 33.5 Å². The third kappa shape index (κ3) is 4.46. The Labute approximate surface area is 202 Å². The lowest BCUT2D eigenvalue weighted by Gasteiger charge is -2.18. The molecule has 0 bridgehead atoms. The molecule has 0 fully saturated rings. The number of amidine groups is 1. The van der Waals surface area contributed by atoms with Gasteiger partial charge in [-0.25, -0.2) is 0 Å². The molecule has 36 heavy (non-hydrogen) atoms. The maximum absolute atomic E-state index is 11.9. The zero-order valence-corrected chi connectivity index (χ0v) is 18.5. The number of para-hydroxylation sites is 1. The molecule has 0 spiro atoms. The fourth-order valence-electron chi connectivity index (χ4n) is 4.00. The molecule has 0 aromatic heterocycles. The average molecular weight is 489 g/mol. The summed E-state index contributed by atoms with van der Waals surface area (Å²) in [6.45, 7) is 0. The maximum atomic E-state index is 11.9. The van der Waals surface area contributed by atoms with Crippen LogP contribution in [0.25, 0.3) is 11.1 Å². The van der Waals surface area contributed by atoms with Crippen LogP contribution in [0.4, 0.5) is 5.69 Å². The van der Waals surface area contributed by atoms with Crippen LogP contribution >= 0.6 is 0 Å². The molecule has 3 aromatic rings. The van der Waals surface area contributed by atoms with Gasteiger partial charge in [0.15, 0.2) is 6.17 Å². The zero-order valence-electron chi connectivity index (χ0n) is 18.5. The topological polar surface area (TPSA) is 213 Å². The molecule has 0 radical (unpaired) electrons. The van der Waals surface area contributed by atoms with Gasteiger partial charge in [0.25, 0.3) is 5.69 Å². The van der Waals surface area contributed by atoms with Crippen LogP contribution < -0.4 is 16.4 Å². The first-order chi connectivity index (χ1) is 17.1. The summed E-state index contributed by atoms with van der Waals surface area (Å²) in [6.07, 6.45) is -1.81. The van der Waals surface area contributed by atoms with Crippen LogP contribution in [0, 0.1) is 15.5 Å². The molecule has 182 valence electrons. The van der Waals surface area contributed by atoms with E-state index < -0.39 is 41.1 Å². The van der Waals surface area contributed by atoms with Gasteiger partial charge in [-0.15, -0.1) is 0 Å². The largest absolute Gasteiger partial charge is 0.507 e. The highest BCUT2D eigenvalue weighted by atomic mass is 16.6. The van der Waals surface area contributed by atoms with Gasteiger partial charge in [0, 0.05) is 22.8 Å². The van der Waals surface area contributed by atoms with Crippen LogP contribution in [0.2, 0.25) is 0 Å². The number of rotatable bonds is 8. The number of carbonyl (C=O) groups is 2. The number of nitro groups is 1. The van der Waals surface area contributed by atoms with E-state index in [0.29, 0.717) is 16.3 Å². The number of carboxylic acids is 2. The number of nitrogens with zero attached hydrogens (tertiary/aromatic N) is 3. The van der Waals surface area contributed by atoms with Crippen LogP contribution in [0.15, 0.2) is 64.6 Å². The second-order valence-corrected chi connectivity index (χ2v) is 8.02. The highest BCUT2D eigenvalue weighted by molar-refractivity contribution is 5.94. The fourth-order valence-corrected chi connectivity index (χ4v) is 4.00. The minimum atomic E-state index is -1.50. The Morgan fingerprint density at radius 3 is 2.39 bits per heavy atom. The van der Waals surface area contributed by atoms with Gasteiger partial charge >= 0.3 is 11.9 Å². The fraction of sp³-hybridized carbons (Fsp3) is 0.125. The van der Waals surface area contributed by atoms with E-state index in [4.69, 9.17) is 11.1 Å². The minimum absolute atomic E-state index is 0.0108. The molecule has 12 heteroatoms. The molecule has 2 unspecified atom stereocenters. The number of nitrogen functional groups attached to an aromatic ring is 1. The summed E-state index contributed by atoms with van der Waals surface area (Å²) < 4.78 is 0. The number of nitro benzene ring substituents is 1. The number of aromatic hydroxyl groups is 1. The lowest BCUT2D eigenvalue weighted by atomic mass is 9.89. The summed E-state index contributed by atoms with van der Waals surface area (Å²) in [5.74, 6) is -4.88. The van der Waals surface area contributed by atoms with E-state index in [1.807, 2.05) is 0 Å². The third-order valence-electron chi connectivity index (χ3n) is 5.72. The molecule has 1 aliphatic heterocycles. The highest BCUT2D eigenvalue weighted by Crippen LogP contribution is 2.43. The Bertz CT molecular complexity index is 1570. The average Bonchev–Trinajstić information content (AvgIpc) is 3.25. The summed E-state index contributed by atoms with van der Waals surface area (Å²) in [6, 6.07) is 12.8. The number of hydrogen-bond acceptors (Lipinski definition) is 8. The van der Waals surface area contributed by atoms with Crippen molar-refractivity contribution >= 4 is 23.5 Å². The Morgan fingerprint density at radius 2 is 1.75 bits per heavy atom. The number of phenols is 1.